The maximum atomic E-state index is 11.1. The van der Waals surface area contributed by atoms with Crippen LogP contribution < -0.4 is 5.32 Å². The number of imide groups is 1. The Kier molecular flexibility index (Phi) is 5.00. The summed E-state index contributed by atoms with van der Waals surface area (Å²) in [5.41, 5.74) is 0.569. The number of hydrogen-bond acceptors (Lipinski definition) is 2. The molecule has 0 saturated carbocycles. The SMILES string of the molecule is C/C=C(/C)C(=O)NC(=O)CCC. The molecular formula is C9H15NO2. The van der Waals surface area contributed by atoms with Crippen LogP contribution in [0.1, 0.15) is 33.6 Å². The molecule has 0 aromatic carbocycles. The van der Waals surface area contributed by atoms with Crippen molar-refractivity contribution in [2.45, 2.75) is 33.6 Å². The lowest BCUT2D eigenvalue weighted by Gasteiger charge is -2.01. The average molecular weight is 169 g/mol. The standard InChI is InChI=1S/C9H15NO2/c1-4-6-8(11)10-9(12)7(3)5-2/h5H,4,6H2,1-3H3,(H,10,11,12)/b7-5-. The quantitative estimate of drug-likeness (QED) is 0.649. The second-order valence-electron chi connectivity index (χ2n) is 2.60. The third-order valence-electron chi connectivity index (χ3n) is 1.52. The molecule has 68 valence electrons. The first kappa shape index (κ1) is 10.9. The highest BCUT2D eigenvalue weighted by Gasteiger charge is 2.06. The van der Waals surface area contributed by atoms with Crippen molar-refractivity contribution in [2.24, 2.45) is 0 Å². The molecule has 0 unspecified atom stereocenters. The van der Waals surface area contributed by atoms with Gasteiger partial charge in [0.05, 0.1) is 0 Å². The van der Waals surface area contributed by atoms with Gasteiger partial charge in [0.1, 0.15) is 0 Å². The molecule has 0 radical (unpaired) electrons. The van der Waals surface area contributed by atoms with Crippen molar-refractivity contribution in [3.8, 4) is 0 Å². The highest BCUT2D eigenvalue weighted by atomic mass is 16.2. The normalized spacial score (nSPS) is 11.1. The Morgan fingerprint density at radius 3 is 2.42 bits per heavy atom. The van der Waals surface area contributed by atoms with E-state index in [4.69, 9.17) is 0 Å². The fourth-order valence-corrected chi connectivity index (χ4v) is 0.646. The van der Waals surface area contributed by atoms with Crippen molar-refractivity contribution in [3.05, 3.63) is 11.6 Å². The zero-order valence-corrected chi connectivity index (χ0v) is 7.81. The Balaban J connectivity index is 3.93. The summed E-state index contributed by atoms with van der Waals surface area (Å²) in [5.74, 6) is -0.500. The molecule has 2 amide bonds. The molecule has 0 aromatic rings. The van der Waals surface area contributed by atoms with Gasteiger partial charge >= 0.3 is 0 Å². The van der Waals surface area contributed by atoms with E-state index < -0.39 is 0 Å². The van der Waals surface area contributed by atoms with E-state index in [1.54, 1.807) is 19.9 Å². The van der Waals surface area contributed by atoms with E-state index in [9.17, 15) is 9.59 Å². The average Bonchev–Trinajstić information content (AvgIpc) is 2.03. The second-order valence-corrected chi connectivity index (χ2v) is 2.60. The molecule has 0 bridgehead atoms. The second kappa shape index (κ2) is 5.52. The number of carbonyl (C=O) groups is 2. The minimum atomic E-state index is -0.295. The van der Waals surface area contributed by atoms with Crippen LogP contribution in [0.3, 0.4) is 0 Å². The number of amides is 2. The van der Waals surface area contributed by atoms with Crippen molar-refractivity contribution in [1.29, 1.82) is 0 Å². The fourth-order valence-electron chi connectivity index (χ4n) is 0.646. The van der Waals surface area contributed by atoms with Crippen LogP contribution >= 0.6 is 0 Å². The van der Waals surface area contributed by atoms with E-state index >= 15 is 0 Å². The van der Waals surface area contributed by atoms with Gasteiger partial charge in [-0.05, 0) is 20.3 Å². The third kappa shape index (κ3) is 3.91. The van der Waals surface area contributed by atoms with Gasteiger partial charge in [-0.2, -0.15) is 0 Å². The van der Waals surface area contributed by atoms with Gasteiger partial charge in [-0.25, -0.2) is 0 Å². The first-order valence-electron chi connectivity index (χ1n) is 4.08. The molecule has 0 aliphatic carbocycles. The van der Waals surface area contributed by atoms with Gasteiger partial charge in [0, 0.05) is 12.0 Å². The van der Waals surface area contributed by atoms with Gasteiger partial charge in [0.25, 0.3) is 5.91 Å². The van der Waals surface area contributed by atoms with E-state index in [1.165, 1.54) is 0 Å². The fraction of sp³-hybridized carbons (Fsp3) is 0.556. The first-order chi connectivity index (χ1) is 5.61. The third-order valence-corrected chi connectivity index (χ3v) is 1.52. The van der Waals surface area contributed by atoms with Gasteiger partial charge in [-0.15, -0.1) is 0 Å². The van der Waals surface area contributed by atoms with Crippen LogP contribution in [0.25, 0.3) is 0 Å². The Morgan fingerprint density at radius 1 is 1.42 bits per heavy atom. The van der Waals surface area contributed by atoms with E-state index in [-0.39, 0.29) is 11.8 Å². The lowest BCUT2D eigenvalue weighted by atomic mass is 10.2. The summed E-state index contributed by atoms with van der Waals surface area (Å²) in [5, 5.41) is 2.29. The molecule has 0 heterocycles. The predicted octanol–water partition coefficient (Wildman–Crippen LogP) is 1.40. The highest BCUT2D eigenvalue weighted by Crippen LogP contribution is 1.92. The Hall–Kier alpha value is -1.12. The van der Waals surface area contributed by atoms with E-state index in [0.717, 1.165) is 6.42 Å². The van der Waals surface area contributed by atoms with Gasteiger partial charge in [0.2, 0.25) is 5.91 Å². The van der Waals surface area contributed by atoms with Gasteiger partial charge in [0.15, 0.2) is 0 Å². The lowest BCUT2D eigenvalue weighted by molar-refractivity contribution is -0.128. The Bertz CT molecular complexity index is 207. The summed E-state index contributed by atoms with van der Waals surface area (Å²) >= 11 is 0. The number of allylic oxidation sites excluding steroid dienone is 1. The number of carbonyl (C=O) groups excluding carboxylic acids is 2. The number of rotatable bonds is 3. The molecule has 0 spiro atoms. The maximum absolute atomic E-state index is 11.1. The van der Waals surface area contributed by atoms with Crippen molar-refractivity contribution in [3.63, 3.8) is 0 Å². The van der Waals surface area contributed by atoms with Crippen molar-refractivity contribution >= 4 is 11.8 Å². The summed E-state index contributed by atoms with van der Waals surface area (Å²) in [6, 6.07) is 0. The first-order valence-corrected chi connectivity index (χ1v) is 4.08. The zero-order valence-electron chi connectivity index (χ0n) is 7.81. The van der Waals surface area contributed by atoms with E-state index in [2.05, 4.69) is 5.32 Å². The molecule has 0 aromatic heterocycles. The molecular weight excluding hydrogens is 154 g/mol. The van der Waals surface area contributed by atoms with Crippen LogP contribution in [0.2, 0.25) is 0 Å². The topological polar surface area (TPSA) is 46.2 Å². The molecule has 12 heavy (non-hydrogen) atoms. The molecule has 0 rings (SSSR count). The molecule has 3 heteroatoms. The Labute approximate surface area is 72.8 Å². The molecule has 1 N–H and O–H groups in total. The minimum absolute atomic E-state index is 0.205. The van der Waals surface area contributed by atoms with E-state index in [0.29, 0.717) is 12.0 Å². The minimum Gasteiger partial charge on any atom is -0.293 e. The van der Waals surface area contributed by atoms with Crippen molar-refractivity contribution < 1.29 is 9.59 Å². The summed E-state index contributed by atoms with van der Waals surface area (Å²) in [4.78, 5) is 22.0. The van der Waals surface area contributed by atoms with Crippen LogP contribution in [0.5, 0.6) is 0 Å². The maximum Gasteiger partial charge on any atom is 0.253 e. The van der Waals surface area contributed by atoms with Crippen LogP contribution in [0.15, 0.2) is 11.6 Å². The summed E-state index contributed by atoms with van der Waals surface area (Å²) < 4.78 is 0. The summed E-state index contributed by atoms with van der Waals surface area (Å²) in [7, 11) is 0. The molecule has 3 nitrogen and oxygen atoms in total. The molecule has 0 fully saturated rings. The highest BCUT2D eigenvalue weighted by molar-refractivity contribution is 6.03. The van der Waals surface area contributed by atoms with Gasteiger partial charge < -0.3 is 0 Å². The smallest absolute Gasteiger partial charge is 0.253 e. The van der Waals surface area contributed by atoms with Crippen molar-refractivity contribution in [2.75, 3.05) is 0 Å². The Morgan fingerprint density at radius 2 is 2.00 bits per heavy atom. The number of hydrogen-bond donors (Lipinski definition) is 1. The lowest BCUT2D eigenvalue weighted by Crippen LogP contribution is -2.30. The molecule has 0 saturated heterocycles. The van der Waals surface area contributed by atoms with E-state index in [1.807, 2.05) is 6.92 Å². The van der Waals surface area contributed by atoms with Crippen LogP contribution in [0, 0.1) is 0 Å². The molecule has 0 aliphatic heterocycles. The summed E-state index contributed by atoms with van der Waals surface area (Å²) in [6.07, 6.45) is 2.84. The summed E-state index contributed by atoms with van der Waals surface area (Å²) in [6.45, 7) is 5.33. The van der Waals surface area contributed by atoms with Crippen LogP contribution in [-0.4, -0.2) is 11.8 Å². The van der Waals surface area contributed by atoms with Crippen LogP contribution in [0.4, 0.5) is 0 Å². The monoisotopic (exact) mass is 169 g/mol. The van der Waals surface area contributed by atoms with Crippen molar-refractivity contribution in [1.82, 2.24) is 5.32 Å². The largest absolute Gasteiger partial charge is 0.293 e. The predicted molar refractivity (Wildman–Crippen MR) is 47.5 cm³/mol. The zero-order chi connectivity index (χ0) is 9.56. The van der Waals surface area contributed by atoms with Gasteiger partial charge in [-0.3, -0.25) is 14.9 Å². The molecule has 0 aliphatic rings. The number of nitrogens with one attached hydrogen (secondary N) is 1. The molecule has 0 atom stereocenters. The van der Waals surface area contributed by atoms with Crippen LogP contribution in [-0.2, 0) is 9.59 Å². The van der Waals surface area contributed by atoms with Gasteiger partial charge in [-0.1, -0.05) is 13.0 Å².